The summed E-state index contributed by atoms with van der Waals surface area (Å²) < 4.78 is 23.9. The fraction of sp³-hybridized carbons (Fsp3) is 0.875. The second-order valence-corrected chi connectivity index (χ2v) is 6.04. The molecule has 2 N–H and O–H groups in total. The lowest BCUT2D eigenvalue weighted by molar-refractivity contribution is -0.118. The Hall–Kier alpha value is -0.620. The number of carbonyl (C=O) groups is 1. The molecule has 0 heterocycles. The normalized spacial score (nSPS) is 12.6. The highest BCUT2D eigenvalue weighted by atomic mass is 32.2. The third-order valence-electron chi connectivity index (χ3n) is 1.43. The first kappa shape index (κ1) is 13.4. The molecular weight excluding hydrogens is 204 g/mol. The van der Waals surface area contributed by atoms with Gasteiger partial charge in [0, 0.05) is 5.54 Å². The molecule has 0 spiro atoms. The van der Waals surface area contributed by atoms with E-state index in [9.17, 15) is 13.2 Å². The Labute approximate surface area is 85.3 Å². The number of hydrogen-bond acceptors (Lipinski definition) is 4. The van der Waals surface area contributed by atoms with Gasteiger partial charge in [0.15, 0.2) is 0 Å². The second kappa shape index (κ2) is 4.75. The van der Waals surface area contributed by atoms with Crippen molar-refractivity contribution in [3.8, 4) is 0 Å². The lowest BCUT2D eigenvalue weighted by Gasteiger charge is -2.19. The number of carbonyl (C=O) groups excluding carboxylic acids is 1. The zero-order valence-corrected chi connectivity index (χ0v) is 9.86. The highest BCUT2D eigenvalue weighted by molar-refractivity contribution is 7.90. The molecule has 0 aliphatic heterocycles. The van der Waals surface area contributed by atoms with Crippen LogP contribution in [0, 0.1) is 0 Å². The van der Waals surface area contributed by atoms with Crippen LogP contribution in [0.3, 0.4) is 0 Å². The molecule has 0 saturated carbocycles. The smallest absolute Gasteiger partial charge is 0.247 e. The molecule has 0 rings (SSSR count). The van der Waals surface area contributed by atoms with Gasteiger partial charge < -0.3 is 5.32 Å². The largest absolute Gasteiger partial charge is 0.304 e. The van der Waals surface area contributed by atoms with Crippen molar-refractivity contribution >= 4 is 15.9 Å². The summed E-state index contributed by atoms with van der Waals surface area (Å²) in [6.45, 7) is 7.17. The quantitative estimate of drug-likeness (QED) is 0.693. The van der Waals surface area contributed by atoms with Gasteiger partial charge in [0.2, 0.25) is 15.9 Å². The lowest BCUT2D eigenvalue weighted by Crippen LogP contribution is -2.45. The maximum atomic E-state index is 11.1. The molecule has 0 bridgehead atoms. The van der Waals surface area contributed by atoms with E-state index in [1.165, 1.54) is 6.92 Å². The van der Waals surface area contributed by atoms with Crippen molar-refractivity contribution in [1.29, 1.82) is 0 Å². The van der Waals surface area contributed by atoms with Crippen molar-refractivity contribution in [3.05, 3.63) is 0 Å². The SMILES string of the molecule is CCS(=O)(=O)NC(=O)CNC(C)(C)C. The van der Waals surface area contributed by atoms with Crippen LogP contribution in [-0.4, -0.2) is 32.2 Å². The van der Waals surface area contributed by atoms with E-state index in [0.29, 0.717) is 0 Å². The molecule has 0 aliphatic carbocycles. The molecule has 0 aliphatic rings. The fourth-order valence-corrected chi connectivity index (χ4v) is 1.19. The van der Waals surface area contributed by atoms with Gasteiger partial charge in [-0.05, 0) is 27.7 Å². The fourth-order valence-electron chi connectivity index (χ4n) is 0.627. The van der Waals surface area contributed by atoms with E-state index in [1.54, 1.807) is 0 Å². The zero-order valence-electron chi connectivity index (χ0n) is 9.05. The van der Waals surface area contributed by atoms with Gasteiger partial charge in [0.25, 0.3) is 0 Å². The Balaban J connectivity index is 4.02. The second-order valence-electron chi connectivity index (χ2n) is 4.03. The highest BCUT2D eigenvalue weighted by Crippen LogP contribution is 1.96. The molecule has 0 saturated heterocycles. The summed E-state index contributed by atoms with van der Waals surface area (Å²) in [7, 11) is -3.43. The Bertz CT molecular complexity index is 290. The average molecular weight is 222 g/mol. The van der Waals surface area contributed by atoms with Gasteiger partial charge in [-0.25, -0.2) is 8.42 Å². The summed E-state index contributed by atoms with van der Waals surface area (Å²) in [5, 5.41) is 2.89. The van der Waals surface area contributed by atoms with Gasteiger partial charge in [-0.3, -0.25) is 9.52 Å². The minimum Gasteiger partial charge on any atom is -0.304 e. The standard InChI is InChI=1S/C8H18N2O3S/c1-5-14(12,13)10-7(11)6-9-8(2,3)4/h9H,5-6H2,1-4H3,(H,10,11). The van der Waals surface area contributed by atoms with E-state index in [4.69, 9.17) is 0 Å². The predicted molar refractivity (Wildman–Crippen MR) is 55.4 cm³/mol. The van der Waals surface area contributed by atoms with Crippen LogP contribution in [0.4, 0.5) is 0 Å². The molecule has 6 heteroatoms. The third-order valence-corrected chi connectivity index (χ3v) is 2.73. The first-order chi connectivity index (χ1) is 6.16. The minimum atomic E-state index is -3.43. The van der Waals surface area contributed by atoms with Crippen LogP contribution in [0.2, 0.25) is 0 Å². The van der Waals surface area contributed by atoms with Crippen molar-refractivity contribution in [3.63, 3.8) is 0 Å². The van der Waals surface area contributed by atoms with E-state index < -0.39 is 15.9 Å². The maximum absolute atomic E-state index is 11.1. The van der Waals surface area contributed by atoms with Crippen LogP contribution >= 0.6 is 0 Å². The molecule has 0 aromatic carbocycles. The number of amides is 1. The van der Waals surface area contributed by atoms with Crippen molar-refractivity contribution in [1.82, 2.24) is 10.0 Å². The van der Waals surface area contributed by atoms with Gasteiger partial charge in [-0.2, -0.15) is 0 Å². The zero-order chi connectivity index (χ0) is 11.4. The van der Waals surface area contributed by atoms with E-state index >= 15 is 0 Å². The van der Waals surface area contributed by atoms with E-state index in [-0.39, 0.29) is 17.8 Å². The molecule has 84 valence electrons. The molecule has 0 aromatic rings. The number of nitrogens with one attached hydrogen (secondary N) is 2. The minimum absolute atomic E-state index is 0.00271. The summed E-state index contributed by atoms with van der Waals surface area (Å²) >= 11 is 0. The van der Waals surface area contributed by atoms with Crippen LogP contribution in [-0.2, 0) is 14.8 Å². The summed E-state index contributed by atoms with van der Waals surface area (Å²) in [4.78, 5) is 11.1. The Morgan fingerprint density at radius 2 is 1.79 bits per heavy atom. The van der Waals surface area contributed by atoms with Crippen LogP contribution < -0.4 is 10.0 Å². The molecule has 14 heavy (non-hydrogen) atoms. The maximum Gasteiger partial charge on any atom is 0.247 e. The Morgan fingerprint density at radius 1 is 1.29 bits per heavy atom. The molecule has 0 radical (unpaired) electrons. The van der Waals surface area contributed by atoms with Gasteiger partial charge in [0.05, 0.1) is 12.3 Å². The summed E-state index contributed by atoms with van der Waals surface area (Å²) in [5.41, 5.74) is -0.201. The Morgan fingerprint density at radius 3 is 2.14 bits per heavy atom. The topological polar surface area (TPSA) is 75.3 Å². The van der Waals surface area contributed by atoms with Crippen LogP contribution in [0.1, 0.15) is 27.7 Å². The van der Waals surface area contributed by atoms with Crippen LogP contribution in [0.25, 0.3) is 0 Å². The molecule has 1 amide bonds. The lowest BCUT2D eigenvalue weighted by atomic mass is 10.1. The van der Waals surface area contributed by atoms with Crippen molar-refractivity contribution in [2.75, 3.05) is 12.3 Å². The molecule has 5 nitrogen and oxygen atoms in total. The highest BCUT2D eigenvalue weighted by Gasteiger charge is 2.14. The van der Waals surface area contributed by atoms with Crippen molar-refractivity contribution in [2.45, 2.75) is 33.2 Å². The molecule has 0 atom stereocenters. The predicted octanol–water partition coefficient (Wildman–Crippen LogP) is -0.160. The first-order valence-electron chi connectivity index (χ1n) is 4.44. The van der Waals surface area contributed by atoms with Crippen LogP contribution in [0.5, 0.6) is 0 Å². The molecule has 0 unspecified atom stereocenters. The molecular formula is C8H18N2O3S. The number of hydrogen-bond donors (Lipinski definition) is 2. The van der Waals surface area contributed by atoms with Gasteiger partial charge in [0.1, 0.15) is 0 Å². The third kappa shape index (κ3) is 6.85. The van der Waals surface area contributed by atoms with Crippen LogP contribution in [0.15, 0.2) is 0 Å². The Kier molecular flexibility index (Phi) is 4.54. The first-order valence-corrected chi connectivity index (χ1v) is 6.10. The molecule has 0 fully saturated rings. The number of sulfonamides is 1. The van der Waals surface area contributed by atoms with E-state index in [1.807, 2.05) is 25.5 Å². The van der Waals surface area contributed by atoms with Gasteiger partial charge in [-0.15, -0.1) is 0 Å². The van der Waals surface area contributed by atoms with Crippen molar-refractivity contribution in [2.24, 2.45) is 0 Å². The average Bonchev–Trinajstić information content (AvgIpc) is 1.99. The van der Waals surface area contributed by atoms with Gasteiger partial charge >= 0.3 is 0 Å². The van der Waals surface area contributed by atoms with Crippen molar-refractivity contribution < 1.29 is 13.2 Å². The van der Waals surface area contributed by atoms with E-state index in [0.717, 1.165) is 0 Å². The molecule has 0 aromatic heterocycles. The summed E-state index contributed by atoms with van der Waals surface area (Å²) in [6, 6.07) is 0. The van der Waals surface area contributed by atoms with Gasteiger partial charge in [-0.1, -0.05) is 0 Å². The monoisotopic (exact) mass is 222 g/mol. The number of rotatable bonds is 4. The summed E-state index contributed by atoms with van der Waals surface area (Å²) in [6.07, 6.45) is 0. The van der Waals surface area contributed by atoms with E-state index in [2.05, 4.69) is 5.32 Å². The summed E-state index contributed by atoms with van der Waals surface area (Å²) in [5.74, 6) is -0.615.